The Morgan fingerprint density at radius 2 is 2.05 bits per heavy atom. The van der Waals surface area contributed by atoms with E-state index >= 15 is 0 Å². The Morgan fingerprint density at radius 1 is 1.24 bits per heavy atom. The molecule has 0 spiro atoms. The van der Waals surface area contributed by atoms with E-state index in [1.165, 1.54) is 0 Å². The molecule has 0 saturated heterocycles. The van der Waals surface area contributed by atoms with Gasteiger partial charge in [0.2, 0.25) is 5.91 Å². The fourth-order valence-corrected chi connectivity index (χ4v) is 2.16. The second-order valence-electron chi connectivity index (χ2n) is 4.73. The van der Waals surface area contributed by atoms with Gasteiger partial charge in [-0.15, -0.1) is 0 Å². The molecule has 0 bridgehead atoms. The summed E-state index contributed by atoms with van der Waals surface area (Å²) in [5, 5.41) is 4.70. The fraction of sp³-hybridized carbons (Fsp3) is 0.250. The van der Waals surface area contributed by atoms with E-state index in [2.05, 4.69) is 5.32 Å². The predicted molar refractivity (Wildman–Crippen MR) is 81.0 cm³/mol. The standard InChI is InChI=1S/C16H18N2O3/c1-18-16(20)8-5-11-3-2-4-12-9-13(6-7-14(11)12)21-10-15(17)19/h2-4,6-7,9H,5,8,10H2,1H3,(H2,17,19)(H,18,20). The fourth-order valence-electron chi connectivity index (χ4n) is 2.16. The van der Waals surface area contributed by atoms with Gasteiger partial charge in [-0.25, -0.2) is 0 Å². The number of fused-ring (bicyclic) bond motifs is 1. The summed E-state index contributed by atoms with van der Waals surface area (Å²) in [7, 11) is 1.63. The number of nitrogens with two attached hydrogens (primary N) is 1. The molecule has 2 aromatic rings. The van der Waals surface area contributed by atoms with Crippen LogP contribution in [0.5, 0.6) is 5.75 Å². The van der Waals surface area contributed by atoms with Crippen molar-refractivity contribution in [2.24, 2.45) is 5.73 Å². The molecule has 21 heavy (non-hydrogen) atoms. The van der Waals surface area contributed by atoms with Crippen molar-refractivity contribution in [1.82, 2.24) is 5.32 Å². The predicted octanol–water partition coefficient (Wildman–Crippen LogP) is 1.38. The second-order valence-corrected chi connectivity index (χ2v) is 4.73. The molecule has 0 aliphatic heterocycles. The molecule has 0 aliphatic carbocycles. The number of aryl methyl sites for hydroxylation is 1. The van der Waals surface area contributed by atoms with Crippen LogP contribution in [0.4, 0.5) is 0 Å². The van der Waals surface area contributed by atoms with Crippen LogP contribution in [0, 0.1) is 0 Å². The number of primary amides is 1. The highest BCUT2D eigenvalue weighted by Gasteiger charge is 2.06. The molecule has 2 aromatic carbocycles. The number of rotatable bonds is 6. The molecule has 5 heteroatoms. The summed E-state index contributed by atoms with van der Waals surface area (Å²) in [4.78, 5) is 22.1. The van der Waals surface area contributed by atoms with E-state index in [0.29, 0.717) is 18.6 Å². The lowest BCUT2D eigenvalue weighted by molar-refractivity contribution is -0.121. The maximum Gasteiger partial charge on any atom is 0.255 e. The molecular formula is C16H18N2O3. The number of carbonyl (C=O) groups is 2. The van der Waals surface area contributed by atoms with Crippen molar-refractivity contribution >= 4 is 22.6 Å². The molecule has 0 heterocycles. The number of amides is 2. The average Bonchev–Trinajstić information content (AvgIpc) is 2.50. The number of hydrogen-bond acceptors (Lipinski definition) is 3. The van der Waals surface area contributed by atoms with E-state index in [-0.39, 0.29) is 12.5 Å². The lowest BCUT2D eigenvalue weighted by atomic mass is 10.0. The van der Waals surface area contributed by atoms with Crippen LogP contribution >= 0.6 is 0 Å². The van der Waals surface area contributed by atoms with Crippen LogP contribution in [0.2, 0.25) is 0 Å². The first kappa shape index (κ1) is 14.8. The van der Waals surface area contributed by atoms with Crippen LogP contribution in [-0.2, 0) is 16.0 Å². The van der Waals surface area contributed by atoms with Crippen molar-refractivity contribution in [1.29, 1.82) is 0 Å². The zero-order valence-corrected chi connectivity index (χ0v) is 11.9. The highest BCUT2D eigenvalue weighted by atomic mass is 16.5. The molecule has 0 atom stereocenters. The van der Waals surface area contributed by atoms with Crippen LogP contribution in [0.1, 0.15) is 12.0 Å². The third-order valence-electron chi connectivity index (χ3n) is 3.22. The smallest absolute Gasteiger partial charge is 0.255 e. The van der Waals surface area contributed by atoms with Crippen molar-refractivity contribution in [2.45, 2.75) is 12.8 Å². The molecule has 0 aliphatic rings. The number of carbonyl (C=O) groups excluding carboxylic acids is 2. The third-order valence-corrected chi connectivity index (χ3v) is 3.22. The Labute approximate surface area is 123 Å². The zero-order valence-electron chi connectivity index (χ0n) is 11.9. The average molecular weight is 286 g/mol. The van der Waals surface area contributed by atoms with Gasteiger partial charge >= 0.3 is 0 Å². The quantitative estimate of drug-likeness (QED) is 0.841. The summed E-state index contributed by atoms with van der Waals surface area (Å²) < 4.78 is 5.29. The molecule has 2 rings (SSSR count). The van der Waals surface area contributed by atoms with E-state index in [0.717, 1.165) is 16.3 Å². The minimum atomic E-state index is -0.505. The molecule has 3 N–H and O–H groups in total. The Bertz CT molecular complexity index is 668. The first-order chi connectivity index (χ1) is 10.1. The molecule has 0 saturated carbocycles. The minimum Gasteiger partial charge on any atom is -0.484 e. The van der Waals surface area contributed by atoms with Gasteiger partial charge in [-0.1, -0.05) is 24.3 Å². The summed E-state index contributed by atoms with van der Waals surface area (Å²) in [6, 6.07) is 11.5. The Balaban J connectivity index is 2.21. The Morgan fingerprint density at radius 3 is 2.76 bits per heavy atom. The van der Waals surface area contributed by atoms with E-state index in [1.807, 2.05) is 30.3 Å². The molecule has 0 aromatic heterocycles. The van der Waals surface area contributed by atoms with E-state index in [4.69, 9.17) is 10.5 Å². The lowest BCUT2D eigenvalue weighted by Crippen LogP contribution is -2.20. The van der Waals surface area contributed by atoms with Gasteiger partial charge in [0.25, 0.3) is 5.91 Å². The van der Waals surface area contributed by atoms with Crippen molar-refractivity contribution < 1.29 is 14.3 Å². The summed E-state index contributed by atoms with van der Waals surface area (Å²) in [5.74, 6) is 0.118. The second kappa shape index (κ2) is 6.74. The Kier molecular flexibility index (Phi) is 4.77. The van der Waals surface area contributed by atoms with Gasteiger partial charge in [0.05, 0.1) is 0 Å². The van der Waals surface area contributed by atoms with Crippen molar-refractivity contribution in [3.05, 3.63) is 42.0 Å². The number of hydrogen-bond donors (Lipinski definition) is 2. The van der Waals surface area contributed by atoms with Gasteiger partial charge in [0, 0.05) is 13.5 Å². The van der Waals surface area contributed by atoms with E-state index in [9.17, 15) is 9.59 Å². The van der Waals surface area contributed by atoms with E-state index in [1.54, 1.807) is 13.1 Å². The molecule has 0 fully saturated rings. The molecular weight excluding hydrogens is 268 g/mol. The van der Waals surface area contributed by atoms with Gasteiger partial charge in [0.1, 0.15) is 5.75 Å². The van der Waals surface area contributed by atoms with Crippen LogP contribution in [0.25, 0.3) is 10.8 Å². The Hall–Kier alpha value is -2.56. The number of nitrogens with one attached hydrogen (secondary N) is 1. The van der Waals surface area contributed by atoms with Gasteiger partial charge in [-0.3, -0.25) is 9.59 Å². The molecule has 5 nitrogen and oxygen atoms in total. The molecule has 110 valence electrons. The number of ether oxygens (including phenoxy) is 1. The van der Waals surface area contributed by atoms with Crippen molar-refractivity contribution in [2.75, 3.05) is 13.7 Å². The summed E-state index contributed by atoms with van der Waals surface area (Å²) >= 11 is 0. The third kappa shape index (κ3) is 3.95. The summed E-state index contributed by atoms with van der Waals surface area (Å²) in [5.41, 5.74) is 6.17. The normalized spacial score (nSPS) is 10.3. The monoisotopic (exact) mass is 286 g/mol. The minimum absolute atomic E-state index is 0.0217. The molecule has 0 radical (unpaired) electrons. The maximum absolute atomic E-state index is 11.3. The van der Waals surface area contributed by atoms with Crippen molar-refractivity contribution in [3.8, 4) is 5.75 Å². The molecule has 2 amide bonds. The summed E-state index contributed by atoms with van der Waals surface area (Å²) in [6.45, 7) is -0.137. The SMILES string of the molecule is CNC(=O)CCc1cccc2cc(OCC(N)=O)ccc12. The maximum atomic E-state index is 11.3. The van der Waals surface area contributed by atoms with E-state index < -0.39 is 5.91 Å². The van der Waals surface area contributed by atoms with Gasteiger partial charge in [-0.2, -0.15) is 0 Å². The molecule has 0 unspecified atom stereocenters. The van der Waals surface area contributed by atoms with Crippen LogP contribution in [0.15, 0.2) is 36.4 Å². The van der Waals surface area contributed by atoms with Gasteiger partial charge in [-0.05, 0) is 34.9 Å². The highest BCUT2D eigenvalue weighted by molar-refractivity contribution is 5.87. The summed E-state index contributed by atoms with van der Waals surface area (Å²) in [6.07, 6.45) is 1.13. The topological polar surface area (TPSA) is 81.4 Å². The van der Waals surface area contributed by atoms with Gasteiger partial charge in [0.15, 0.2) is 6.61 Å². The first-order valence-corrected chi connectivity index (χ1v) is 6.73. The van der Waals surface area contributed by atoms with Crippen LogP contribution in [-0.4, -0.2) is 25.5 Å². The van der Waals surface area contributed by atoms with Crippen molar-refractivity contribution in [3.63, 3.8) is 0 Å². The lowest BCUT2D eigenvalue weighted by Gasteiger charge is -2.09. The number of benzene rings is 2. The van der Waals surface area contributed by atoms with Crippen LogP contribution < -0.4 is 15.8 Å². The highest BCUT2D eigenvalue weighted by Crippen LogP contribution is 2.24. The van der Waals surface area contributed by atoms with Gasteiger partial charge < -0.3 is 15.8 Å². The zero-order chi connectivity index (χ0) is 15.2. The first-order valence-electron chi connectivity index (χ1n) is 6.73. The largest absolute Gasteiger partial charge is 0.484 e. The van der Waals surface area contributed by atoms with Crippen LogP contribution in [0.3, 0.4) is 0 Å².